The third-order valence-electron chi connectivity index (χ3n) is 5.55. The second-order valence-electron chi connectivity index (χ2n) is 7.70. The monoisotopic (exact) mass is 373 g/mol. The smallest absolute Gasteiger partial charge is 0.258 e. The van der Waals surface area contributed by atoms with Gasteiger partial charge >= 0.3 is 0 Å². The zero-order valence-electron chi connectivity index (χ0n) is 16.5. The van der Waals surface area contributed by atoms with Crippen molar-refractivity contribution < 1.29 is 14.3 Å². The molecule has 3 rings (SSSR count). The summed E-state index contributed by atoms with van der Waals surface area (Å²) in [5.74, 6) is 0.642. The molecule has 2 fully saturated rings. The lowest BCUT2D eigenvalue weighted by Gasteiger charge is -2.27. The Morgan fingerprint density at radius 1 is 1.26 bits per heavy atom. The van der Waals surface area contributed by atoms with Crippen LogP contribution >= 0.6 is 0 Å². The normalized spacial score (nSPS) is 21.2. The van der Waals surface area contributed by atoms with Crippen LogP contribution in [0.15, 0.2) is 12.1 Å². The van der Waals surface area contributed by atoms with Gasteiger partial charge in [-0.25, -0.2) is 0 Å². The SMILES string of the molecule is CCc1nc(C)ccc1OCC(=O)N[C@H]1CC(=O)N(C2CCCCCC2)C1. The Morgan fingerprint density at radius 2 is 2.00 bits per heavy atom. The number of hydrogen-bond donors (Lipinski definition) is 1. The molecule has 1 aliphatic heterocycles. The molecule has 1 saturated heterocycles. The van der Waals surface area contributed by atoms with E-state index in [1.54, 1.807) is 0 Å². The molecule has 6 nitrogen and oxygen atoms in total. The van der Waals surface area contributed by atoms with Crippen LogP contribution in [-0.4, -0.2) is 46.9 Å². The Hall–Kier alpha value is -2.11. The fourth-order valence-electron chi connectivity index (χ4n) is 4.15. The van der Waals surface area contributed by atoms with E-state index >= 15 is 0 Å². The molecular weight excluding hydrogens is 342 g/mol. The first-order valence-electron chi connectivity index (χ1n) is 10.2. The van der Waals surface area contributed by atoms with Crippen LogP contribution in [0.25, 0.3) is 0 Å². The zero-order valence-corrected chi connectivity index (χ0v) is 16.5. The molecule has 1 saturated carbocycles. The fourth-order valence-corrected chi connectivity index (χ4v) is 4.15. The van der Waals surface area contributed by atoms with Crippen LogP contribution < -0.4 is 10.1 Å². The summed E-state index contributed by atoms with van der Waals surface area (Å²) >= 11 is 0. The van der Waals surface area contributed by atoms with Crippen molar-refractivity contribution in [2.24, 2.45) is 0 Å². The second kappa shape index (κ2) is 9.20. The van der Waals surface area contributed by atoms with Crippen molar-refractivity contribution in [3.8, 4) is 5.75 Å². The van der Waals surface area contributed by atoms with Gasteiger partial charge in [-0.2, -0.15) is 0 Å². The molecule has 27 heavy (non-hydrogen) atoms. The van der Waals surface area contributed by atoms with Gasteiger partial charge in [-0.3, -0.25) is 14.6 Å². The molecule has 2 heterocycles. The second-order valence-corrected chi connectivity index (χ2v) is 7.70. The molecule has 1 N–H and O–H groups in total. The van der Waals surface area contributed by atoms with Gasteiger partial charge in [-0.15, -0.1) is 0 Å². The molecule has 2 amide bonds. The molecule has 0 aromatic carbocycles. The maximum Gasteiger partial charge on any atom is 0.258 e. The van der Waals surface area contributed by atoms with Crippen LogP contribution in [0.3, 0.4) is 0 Å². The van der Waals surface area contributed by atoms with Gasteiger partial charge in [-0.1, -0.05) is 32.6 Å². The number of nitrogens with one attached hydrogen (secondary N) is 1. The summed E-state index contributed by atoms with van der Waals surface area (Å²) in [5, 5.41) is 2.97. The Morgan fingerprint density at radius 3 is 2.70 bits per heavy atom. The number of nitrogens with zero attached hydrogens (tertiary/aromatic N) is 2. The summed E-state index contributed by atoms with van der Waals surface area (Å²) in [6.45, 7) is 4.53. The number of carbonyl (C=O) groups excluding carboxylic acids is 2. The minimum atomic E-state index is -0.182. The van der Waals surface area contributed by atoms with Gasteiger partial charge in [0, 0.05) is 24.7 Å². The average Bonchev–Trinajstić information content (AvgIpc) is 2.85. The highest BCUT2D eigenvalue weighted by Crippen LogP contribution is 2.26. The van der Waals surface area contributed by atoms with E-state index < -0.39 is 0 Å². The molecule has 0 bridgehead atoms. The van der Waals surface area contributed by atoms with E-state index in [9.17, 15) is 9.59 Å². The van der Waals surface area contributed by atoms with Crippen molar-refractivity contribution in [2.45, 2.75) is 77.3 Å². The topological polar surface area (TPSA) is 71.5 Å². The van der Waals surface area contributed by atoms with Crippen molar-refractivity contribution in [1.29, 1.82) is 0 Å². The molecule has 0 spiro atoms. The van der Waals surface area contributed by atoms with Gasteiger partial charge in [0.05, 0.1) is 11.7 Å². The number of ether oxygens (including phenoxy) is 1. The van der Waals surface area contributed by atoms with Crippen molar-refractivity contribution in [3.05, 3.63) is 23.5 Å². The van der Waals surface area contributed by atoms with E-state index in [0.29, 0.717) is 24.8 Å². The largest absolute Gasteiger partial charge is 0.482 e. The minimum absolute atomic E-state index is 0.0497. The lowest BCUT2D eigenvalue weighted by molar-refractivity contribution is -0.129. The molecule has 148 valence electrons. The lowest BCUT2D eigenvalue weighted by Crippen LogP contribution is -2.42. The molecule has 1 aliphatic carbocycles. The maximum absolute atomic E-state index is 12.4. The highest BCUT2D eigenvalue weighted by molar-refractivity contribution is 5.83. The van der Waals surface area contributed by atoms with E-state index in [1.807, 2.05) is 30.9 Å². The number of hydrogen-bond acceptors (Lipinski definition) is 4. The predicted octanol–water partition coefficient (Wildman–Crippen LogP) is 2.77. The number of likely N-dealkylation sites (tertiary alicyclic amines) is 1. The van der Waals surface area contributed by atoms with Gasteiger partial charge in [0.15, 0.2) is 6.61 Å². The summed E-state index contributed by atoms with van der Waals surface area (Å²) in [6.07, 6.45) is 8.27. The first-order chi connectivity index (χ1) is 13.1. The summed E-state index contributed by atoms with van der Waals surface area (Å²) < 4.78 is 5.67. The van der Waals surface area contributed by atoms with E-state index in [1.165, 1.54) is 25.7 Å². The number of pyridine rings is 1. The molecule has 1 aromatic heterocycles. The van der Waals surface area contributed by atoms with Gasteiger partial charge in [0.25, 0.3) is 5.91 Å². The number of amides is 2. The van der Waals surface area contributed by atoms with Crippen LogP contribution in [0.5, 0.6) is 5.75 Å². The number of aryl methyl sites for hydroxylation is 2. The zero-order chi connectivity index (χ0) is 19.2. The maximum atomic E-state index is 12.4. The molecule has 0 unspecified atom stereocenters. The molecule has 6 heteroatoms. The van der Waals surface area contributed by atoms with Crippen molar-refractivity contribution in [3.63, 3.8) is 0 Å². The average molecular weight is 373 g/mol. The van der Waals surface area contributed by atoms with Crippen LogP contribution in [0.4, 0.5) is 0 Å². The van der Waals surface area contributed by atoms with Crippen molar-refractivity contribution in [2.75, 3.05) is 13.2 Å². The Labute approximate surface area is 161 Å². The Balaban J connectivity index is 1.49. The van der Waals surface area contributed by atoms with E-state index in [2.05, 4.69) is 10.3 Å². The van der Waals surface area contributed by atoms with Crippen molar-refractivity contribution >= 4 is 11.8 Å². The molecule has 2 aliphatic rings. The summed E-state index contributed by atoms with van der Waals surface area (Å²) in [7, 11) is 0. The van der Waals surface area contributed by atoms with Crippen LogP contribution in [0.2, 0.25) is 0 Å². The van der Waals surface area contributed by atoms with Gasteiger partial charge in [0.1, 0.15) is 5.75 Å². The number of aromatic nitrogens is 1. The summed E-state index contributed by atoms with van der Waals surface area (Å²) in [6, 6.07) is 3.98. The molecule has 1 aromatic rings. The highest BCUT2D eigenvalue weighted by atomic mass is 16.5. The fraction of sp³-hybridized carbons (Fsp3) is 0.667. The third kappa shape index (κ3) is 5.21. The van der Waals surface area contributed by atoms with Gasteiger partial charge in [0.2, 0.25) is 5.91 Å². The Kier molecular flexibility index (Phi) is 6.69. The van der Waals surface area contributed by atoms with Crippen LogP contribution in [0.1, 0.15) is 63.3 Å². The lowest BCUT2D eigenvalue weighted by atomic mass is 10.1. The quantitative estimate of drug-likeness (QED) is 0.779. The third-order valence-corrected chi connectivity index (χ3v) is 5.55. The highest BCUT2D eigenvalue weighted by Gasteiger charge is 2.35. The van der Waals surface area contributed by atoms with Crippen LogP contribution in [0, 0.1) is 6.92 Å². The number of rotatable bonds is 6. The summed E-state index contributed by atoms with van der Waals surface area (Å²) in [5.41, 5.74) is 1.80. The van der Waals surface area contributed by atoms with Gasteiger partial charge < -0.3 is 15.0 Å². The minimum Gasteiger partial charge on any atom is -0.482 e. The predicted molar refractivity (Wildman–Crippen MR) is 104 cm³/mol. The summed E-state index contributed by atoms with van der Waals surface area (Å²) in [4.78, 5) is 31.1. The number of carbonyl (C=O) groups is 2. The van der Waals surface area contributed by atoms with Gasteiger partial charge in [-0.05, 0) is 38.3 Å². The molecule has 1 atom stereocenters. The standard InChI is InChI=1S/C21H31N3O3/c1-3-18-19(11-10-15(2)22-18)27-14-20(25)23-16-12-21(26)24(13-16)17-8-6-4-5-7-9-17/h10-11,16-17H,3-9,12-14H2,1-2H3,(H,23,25)/t16-/m0/s1. The van der Waals surface area contributed by atoms with Crippen molar-refractivity contribution in [1.82, 2.24) is 15.2 Å². The van der Waals surface area contributed by atoms with E-state index in [4.69, 9.17) is 4.74 Å². The first-order valence-corrected chi connectivity index (χ1v) is 10.2. The van der Waals surface area contributed by atoms with E-state index in [0.717, 1.165) is 30.7 Å². The van der Waals surface area contributed by atoms with Crippen LogP contribution in [-0.2, 0) is 16.0 Å². The molecular formula is C21H31N3O3. The Bertz CT molecular complexity index is 669. The molecule has 0 radical (unpaired) electrons. The first kappa shape index (κ1) is 19.6. The van der Waals surface area contributed by atoms with E-state index in [-0.39, 0.29) is 24.5 Å².